The maximum Gasteiger partial charge on any atom is 0.233 e. The Morgan fingerprint density at radius 3 is 2.60 bits per heavy atom. The molecule has 0 aromatic heterocycles. The lowest BCUT2D eigenvalue weighted by Gasteiger charge is -2.33. The van der Waals surface area contributed by atoms with Crippen molar-refractivity contribution in [2.24, 2.45) is 16.8 Å². The lowest BCUT2D eigenvalue weighted by molar-refractivity contribution is -0.136. The van der Waals surface area contributed by atoms with Crippen LogP contribution in [0.15, 0.2) is 5.16 Å². The number of hydrogen-bond acceptors (Lipinski definition) is 3. The molecule has 1 saturated heterocycles. The van der Waals surface area contributed by atoms with Gasteiger partial charge < -0.3 is 15.8 Å². The summed E-state index contributed by atoms with van der Waals surface area (Å²) in [6.45, 7) is 6.49. The first-order valence-electron chi connectivity index (χ1n) is 5.19. The summed E-state index contributed by atoms with van der Waals surface area (Å²) in [5.41, 5.74) is 5.32. The number of carbonyl (C=O) groups is 1. The lowest BCUT2D eigenvalue weighted by atomic mass is 10.00. The first-order chi connectivity index (χ1) is 6.90. The van der Waals surface area contributed by atoms with Crippen LogP contribution in [0.5, 0.6) is 0 Å². The standard InChI is InChI=1S/C10H19N3O2/c1-7(8(11)12-15)9(14)13-6-4-5-10(13,2)3/h7,15H,4-6H2,1-3H3,(H2,11,12). The molecule has 0 bridgehead atoms. The summed E-state index contributed by atoms with van der Waals surface area (Å²) in [5.74, 6) is -0.636. The van der Waals surface area contributed by atoms with Gasteiger partial charge in [0.2, 0.25) is 5.91 Å². The number of oxime groups is 1. The van der Waals surface area contributed by atoms with Crippen molar-refractivity contribution >= 4 is 11.7 Å². The summed E-state index contributed by atoms with van der Waals surface area (Å²) in [4.78, 5) is 13.8. The molecule has 1 rings (SSSR count). The van der Waals surface area contributed by atoms with Crippen molar-refractivity contribution in [2.45, 2.75) is 39.2 Å². The van der Waals surface area contributed by atoms with Crippen LogP contribution in [0.3, 0.4) is 0 Å². The number of carbonyl (C=O) groups excluding carboxylic acids is 1. The van der Waals surface area contributed by atoms with Gasteiger partial charge in [-0.25, -0.2) is 0 Å². The summed E-state index contributed by atoms with van der Waals surface area (Å²) in [5, 5.41) is 11.4. The highest BCUT2D eigenvalue weighted by Crippen LogP contribution is 2.29. The molecule has 0 radical (unpaired) electrons. The molecule has 5 heteroatoms. The number of amides is 1. The van der Waals surface area contributed by atoms with E-state index < -0.39 is 5.92 Å². The van der Waals surface area contributed by atoms with Gasteiger partial charge in [-0.05, 0) is 33.6 Å². The average molecular weight is 213 g/mol. The number of rotatable bonds is 2. The average Bonchev–Trinajstić information content (AvgIpc) is 2.54. The van der Waals surface area contributed by atoms with Crippen LogP contribution < -0.4 is 5.73 Å². The molecular weight excluding hydrogens is 194 g/mol. The molecule has 1 heterocycles. The first-order valence-corrected chi connectivity index (χ1v) is 5.19. The Bertz CT molecular complexity index is 286. The first kappa shape index (κ1) is 11.8. The normalized spacial score (nSPS) is 22.9. The fraction of sp³-hybridized carbons (Fsp3) is 0.800. The zero-order valence-electron chi connectivity index (χ0n) is 9.53. The predicted molar refractivity (Wildman–Crippen MR) is 57.6 cm³/mol. The Balaban J connectivity index is 2.77. The number of nitrogens with zero attached hydrogens (tertiary/aromatic N) is 2. The monoisotopic (exact) mass is 213 g/mol. The SMILES string of the molecule is CC(C(=O)N1CCCC1(C)C)C(N)=NO. The molecule has 0 aromatic carbocycles. The zero-order valence-corrected chi connectivity index (χ0v) is 9.53. The fourth-order valence-electron chi connectivity index (χ4n) is 1.96. The molecule has 5 nitrogen and oxygen atoms in total. The van der Waals surface area contributed by atoms with Crippen molar-refractivity contribution in [3.63, 3.8) is 0 Å². The lowest BCUT2D eigenvalue weighted by Crippen LogP contribution is -2.47. The maximum atomic E-state index is 12.0. The van der Waals surface area contributed by atoms with E-state index in [2.05, 4.69) is 5.16 Å². The Labute approximate surface area is 89.9 Å². The van der Waals surface area contributed by atoms with Crippen LogP contribution in [0.2, 0.25) is 0 Å². The molecule has 0 spiro atoms. The molecule has 3 N–H and O–H groups in total. The van der Waals surface area contributed by atoms with Gasteiger partial charge in [0.05, 0.1) is 5.92 Å². The summed E-state index contributed by atoms with van der Waals surface area (Å²) in [6.07, 6.45) is 2.02. The third-order valence-corrected chi connectivity index (χ3v) is 3.10. The molecule has 0 saturated carbocycles. The summed E-state index contributed by atoms with van der Waals surface area (Å²) >= 11 is 0. The highest BCUT2D eigenvalue weighted by Gasteiger charge is 2.37. The Hall–Kier alpha value is -1.26. The minimum absolute atomic E-state index is 0.0253. The van der Waals surface area contributed by atoms with Crippen molar-refractivity contribution in [3.8, 4) is 0 Å². The molecule has 15 heavy (non-hydrogen) atoms. The van der Waals surface area contributed by atoms with Crippen molar-refractivity contribution in [1.29, 1.82) is 0 Å². The van der Waals surface area contributed by atoms with Crippen molar-refractivity contribution < 1.29 is 10.0 Å². The van der Waals surface area contributed by atoms with Crippen LogP contribution >= 0.6 is 0 Å². The van der Waals surface area contributed by atoms with Crippen LogP contribution in [0, 0.1) is 5.92 Å². The molecule has 1 amide bonds. The molecule has 1 fully saturated rings. The molecule has 1 aliphatic rings. The van der Waals surface area contributed by atoms with E-state index in [9.17, 15) is 4.79 Å². The van der Waals surface area contributed by atoms with Gasteiger partial charge in [-0.1, -0.05) is 5.16 Å². The van der Waals surface area contributed by atoms with Crippen LogP contribution in [-0.2, 0) is 4.79 Å². The van der Waals surface area contributed by atoms with Crippen molar-refractivity contribution in [3.05, 3.63) is 0 Å². The van der Waals surface area contributed by atoms with E-state index in [0.717, 1.165) is 19.4 Å². The minimum atomic E-state index is -0.549. The van der Waals surface area contributed by atoms with E-state index in [1.165, 1.54) is 0 Å². The van der Waals surface area contributed by atoms with Gasteiger partial charge in [0.15, 0.2) is 5.84 Å². The van der Waals surface area contributed by atoms with Crippen LogP contribution in [-0.4, -0.2) is 33.9 Å². The third-order valence-electron chi connectivity index (χ3n) is 3.10. The Morgan fingerprint density at radius 2 is 2.20 bits per heavy atom. The van der Waals surface area contributed by atoms with Gasteiger partial charge in [0.1, 0.15) is 0 Å². The second-order valence-corrected chi connectivity index (χ2v) is 4.65. The molecule has 86 valence electrons. The highest BCUT2D eigenvalue weighted by molar-refractivity contribution is 6.01. The van der Waals surface area contributed by atoms with Gasteiger partial charge in [0.25, 0.3) is 0 Å². The van der Waals surface area contributed by atoms with E-state index >= 15 is 0 Å². The number of likely N-dealkylation sites (tertiary alicyclic amines) is 1. The largest absolute Gasteiger partial charge is 0.409 e. The van der Waals surface area contributed by atoms with Gasteiger partial charge in [0, 0.05) is 12.1 Å². The molecule has 0 aromatic rings. The van der Waals surface area contributed by atoms with E-state index in [4.69, 9.17) is 10.9 Å². The van der Waals surface area contributed by atoms with E-state index in [-0.39, 0.29) is 17.3 Å². The summed E-state index contributed by atoms with van der Waals surface area (Å²) in [6, 6.07) is 0. The second kappa shape index (κ2) is 4.08. The van der Waals surface area contributed by atoms with E-state index in [1.807, 2.05) is 18.7 Å². The molecular formula is C10H19N3O2. The highest BCUT2D eigenvalue weighted by atomic mass is 16.4. The molecule has 1 aliphatic heterocycles. The predicted octanol–water partition coefficient (Wildman–Crippen LogP) is 0.770. The van der Waals surface area contributed by atoms with Gasteiger partial charge in [-0.3, -0.25) is 4.79 Å². The summed E-state index contributed by atoms with van der Waals surface area (Å²) < 4.78 is 0. The second-order valence-electron chi connectivity index (χ2n) is 4.65. The molecule has 1 atom stereocenters. The van der Waals surface area contributed by atoms with Crippen LogP contribution in [0.4, 0.5) is 0 Å². The van der Waals surface area contributed by atoms with Gasteiger partial charge >= 0.3 is 0 Å². The van der Waals surface area contributed by atoms with Gasteiger partial charge in [-0.2, -0.15) is 0 Å². The van der Waals surface area contributed by atoms with Crippen molar-refractivity contribution in [2.75, 3.05) is 6.54 Å². The maximum absolute atomic E-state index is 12.0. The number of hydrogen-bond donors (Lipinski definition) is 2. The molecule has 0 aliphatic carbocycles. The van der Waals surface area contributed by atoms with E-state index in [1.54, 1.807) is 6.92 Å². The molecule has 1 unspecified atom stereocenters. The van der Waals surface area contributed by atoms with E-state index in [0.29, 0.717) is 0 Å². The Kier molecular flexibility index (Phi) is 3.21. The van der Waals surface area contributed by atoms with Crippen LogP contribution in [0.1, 0.15) is 33.6 Å². The topological polar surface area (TPSA) is 78.9 Å². The number of amidine groups is 1. The number of nitrogens with two attached hydrogens (primary N) is 1. The summed E-state index contributed by atoms with van der Waals surface area (Å²) in [7, 11) is 0. The smallest absolute Gasteiger partial charge is 0.233 e. The van der Waals surface area contributed by atoms with Crippen molar-refractivity contribution in [1.82, 2.24) is 4.90 Å². The Morgan fingerprint density at radius 1 is 1.60 bits per heavy atom. The fourth-order valence-corrected chi connectivity index (χ4v) is 1.96. The minimum Gasteiger partial charge on any atom is -0.409 e. The quantitative estimate of drug-likeness (QED) is 0.308. The zero-order chi connectivity index (χ0) is 11.6. The van der Waals surface area contributed by atoms with Crippen LogP contribution in [0.25, 0.3) is 0 Å². The van der Waals surface area contributed by atoms with Gasteiger partial charge in [-0.15, -0.1) is 0 Å². The third kappa shape index (κ3) is 2.22.